The first-order chi connectivity index (χ1) is 41.7. The number of hydrogen-bond acceptors (Lipinski definition) is 25. The topological polar surface area (TPSA) is 353 Å². The Balaban J connectivity index is 1.35. The summed E-state index contributed by atoms with van der Waals surface area (Å²) < 4.78 is 82.1. The van der Waals surface area contributed by atoms with E-state index in [-0.39, 0.29) is 25.4 Å². The molecule has 6 saturated heterocycles. The van der Waals surface area contributed by atoms with Crippen LogP contribution >= 0.6 is 0 Å². The molecule has 2 bridgehead atoms. The summed E-state index contributed by atoms with van der Waals surface area (Å²) in [6.07, 6.45) is -21.8. The number of ether oxygens (including phenoxy) is 13. The van der Waals surface area contributed by atoms with Gasteiger partial charge in [0.1, 0.15) is 79.4 Å². The van der Waals surface area contributed by atoms with Crippen LogP contribution in [0.4, 0.5) is 0 Å². The summed E-state index contributed by atoms with van der Waals surface area (Å²) in [5.41, 5.74) is 0. The van der Waals surface area contributed by atoms with Crippen molar-refractivity contribution in [3.8, 4) is 0 Å². The van der Waals surface area contributed by atoms with E-state index in [9.17, 15) is 60.3 Å². The van der Waals surface area contributed by atoms with Gasteiger partial charge in [-0.3, -0.25) is 14.4 Å². The summed E-state index contributed by atoms with van der Waals surface area (Å²) in [6, 6.07) is 0. The Morgan fingerprint density at radius 3 is 1.60 bits per heavy atom. The van der Waals surface area contributed by atoms with E-state index < -0.39 is 178 Å². The normalized spacial score (nSPS) is 41.3. The van der Waals surface area contributed by atoms with Crippen LogP contribution in [0.15, 0.2) is 0 Å². The molecule has 9 N–H and O–H groups in total. The van der Waals surface area contributed by atoms with Gasteiger partial charge < -0.3 is 108 Å². The van der Waals surface area contributed by atoms with E-state index in [0.717, 1.165) is 103 Å². The molecule has 0 radical (unpaired) electrons. The predicted molar refractivity (Wildman–Crippen MR) is 308 cm³/mol. The molecule has 87 heavy (non-hydrogen) atoms. The van der Waals surface area contributed by atoms with Crippen molar-refractivity contribution in [1.29, 1.82) is 0 Å². The standard InChI is InChI=1S/C62H108O25/c1-8-11-14-19-25-30-40(64)81-51-35(5)76-58(49(73)47(51)71)84-53-37(7)78-62(57(83-42(66)32-26-20-15-12-9-2)56(53)87-59-48(72)45(69)44(68)39(33-63)80-59)85-52-36(6)77-60-50(74)54(52)82-41(65)31-27-22-18-16-17-21-24-29-38(28-23-13-10-3)79-61-55(86-60)46(70)43(67)34(4)75-61/h34-39,43-63,67-74H,8-33H2,1-7H3. The Labute approximate surface area is 513 Å². The molecule has 506 valence electrons. The number of rotatable bonds is 25. The molecular weight excluding hydrogens is 1140 g/mol. The van der Waals surface area contributed by atoms with Crippen molar-refractivity contribution in [2.45, 2.75) is 369 Å². The molecule has 25 heteroatoms. The molecule has 0 aliphatic carbocycles. The van der Waals surface area contributed by atoms with Crippen molar-refractivity contribution in [1.82, 2.24) is 0 Å². The van der Waals surface area contributed by atoms with E-state index in [1.165, 1.54) is 20.8 Å². The molecule has 0 aromatic carbocycles. The Morgan fingerprint density at radius 2 is 0.954 bits per heavy atom. The van der Waals surface area contributed by atoms with Crippen LogP contribution < -0.4 is 0 Å². The molecule has 0 spiro atoms. The van der Waals surface area contributed by atoms with Gasteiger partial charge in [-0.05, 0) is 59.8 Å². The maximum Gasteiger partial charge on any atom is 0.306 e. The lowest BCUT2D eigenvalue weighted by molar-refractivity contribution is -0.400. The number of carbonyl (C=O) groups excluding carboxylic acids is 3. The number of hydrogen-bond donors (Lipinski definition) is 9. The first kappa shape index (κ1) is 73.7. The van der Waals surface area contributed by atoms with Gasteiger partial charge in [0.2, 0.25) is 0 Å². The quantitative estimate of drug-likeness (QED) is 0.0353. The second kappa shape index (κ2) is 37.4. The molecule has 0 amide bonds. The third-order valence-corrected chi connectivity index (χ3v) is 17.7. The van der Waals surface area contributed by atoms with Crippen LogP contribution in [0.3, 0.4) is 0 Å². The van der Waals surface area contributed by atoms with E-state index in [2.05, 4.69) is 13.8 Å². The highest BCUT2D eigenvalue weighted by Gasteiger charge is 2.59. The zero-order valence-corrected chi connectivity index (χ0v) is 52.5. The Hall–Kier alpha value is -2.35. The van der Waals surface area contributed by atoms with E-state index >= 15 is 0 Å². The molecule has 6 heterocycles. The molecule has 6 fully saturated rings. The Morgan fingerprint density at radius 1 is 0.437 bits per heavy atom. The van der Waals surface area contributed by atoms with Crippen molar-refractivity contribution >= 4 is 17.9 Å². The van der Waals surface area contributed by atoms with Crippen molar-refractivity contribution in [3.63, 3.8) is 0 Å². The van der Waals surface area contributed by atoms with Crippen LogP contribution in [-0.4, -0.2) is 230 Å². The van der Waals surface area contributed by atoms with Crippen molar-refractivity contribution in [3.05, 3.63) is 0 Å². The first-order valence-electron chi connectivity index (χ1n) is 32.9. The fourth-order valence-electron chi connectivity index (χ4n) is 12.3. The number of carbonyl (C=O) groups is 3. The fourth-order valence-corrected chi connectivity index (χ4v) is 12.3. The zero-order valence-electron chi connectivity index (χ0n) is 52.5. The highest BCUT2D eigenvalue weighted by Crippen LogP contribution is 2.39. The summed E-state index contributed by atoms with van der Waals surface area (Å²) in [5.74, 6) is -2.09. The van der Waals surface area contributed by atoms with Gasteiger partial charge in [0.15, 0.2) is 49.8 Å². The summed E-state index contributed by atoms with van der Waals surface area (Å²) >= 11 is 0. The van der Waals surface area contributed by atoms with Crippen LogP contribution in [0, 0.1) is 0 Å². The lowest BCUT2D eigenvalue weighted by atomic mass is 9.95. The molecule has 0 aromatic heterocycles. The minimum absolute atomic E-state index is 0.0422. The maximum atomic E-state index is 14.2. The monoisotopic (exact) mass is 1250 g/mol. The number of fused-ring (bicyclic) bond motifs is 3. The smallest absolute Gasteiger partial charge is 0.306 e. The second-order valence-corrected chi connectivity index (χ2v) is 24.9. The summed E-state index contributed by atoms with van der Waals surface area (Å²) in [4.78, 5) is 41.2. The van der Waals surface area contributed by atoms with Gasteiger partial charge in [-0.1, -0.05) is 130 Å². The lowest BCUT2D eigenvalue weighted by Crippen LogP contribution is -2.68. The second-order valence-electron chi connectivity index (χ2n) is 24.9. The molecule has 6 aliphatic rings. The lowest BCUT2D eigenvalue weighted by Gasteiger charge is -2.51. The van der Waals surface area contributed by atoms with Gasteiger partial charge in [0, 0.05) is 19.3 Å². The highest BCUT2D eigenvalue weighted by atomic mass is 16.8. The van der Waals surface area contributed by atoms with Gasteiger partial charge >= 0.3 is 17.9 Å². The molecule has 6 rings (SSSR count). The van der Waals surface area contributed by atoms with Crippen LogP contribution in [0.2, 0.25) is 0 Å². The molecular formula is C62H108O25. The van der Waals surface area contributed by atoms with E-state index in [4.69, 9.17) is 61.6 Å². The third kappa shape index (κ3) is 21.1. The Kier molecular flexibility index (Phi) is 31.7. The Bertz CT molecular complexity index is 1970. The van der Waals surface area contributed by atoms with Crippen LogP contribution in [0.5, 0.6) is 0 Å². The van der Waals surface area contributed by atoms with Crippen LogP contribution in [0.25, 0.3) is 0 Å². The molecule has 26 unspecified atom stereocenters. The third-order valence-electron chi connectivity index (χ3n) is 17.7. The molecule has 0 aromatic rings. The van der Waals surface area contributed by atoms with E-state index in [0.29, 0.717) is 38.5 Å². The maximum absolute atomic E-state index is 14.2. The predicted octanol–water partition coefficient (Wildman–Crippen LogP) is 4.06. The number of aliphatic hydroxyl groups excluding tert-OH is 9. The summed E-state index contributed by atoms with van der Waals surface area (Å²) in [7, 11) is 0. The highest BCUT2D eigenvalue weighted by molar-refractivity contribution is 5.70. The fraction of sp³-hybridized carbons (Fsp3) is 0.952. The van der Waals surface area contributed by atoms with Crippen LogP contribution in [0.1, 0.15) is 209 Å². The van der Waals surface area contributed by atoms with Gasteiger partial charge in [-0.2, -0.15) is 0 Å². The molecule has 25 nitrogen and oxygen atoms in total. The van der Waals surface area contributed by atoms with Gasteiger partial charge in [0.25, 0.3) is 0 Å². The molecule has 26 atom stereocenters. The van der Waals surface area contributed by atoms with Gasteiger partial charge in [-0.15, -0.1) is 0 Å². The number of aliphatic hydroxyl groups is 9. The molecule has 6 aliphatic heterocycles. The SMILES string of the molecule is CCCCCCCC(=O)OC1C(C)OC(OC2C(C)OC(OC3C(C)OC4OC5C(OC(CCCCC)CCCCCCCCCC(=O)OC3C4O)OC(C)C(O)C5O)C(OC(=O)CCCCCCC)C2OC2OC(CO)C(O)C(O)C2O)C(O)C1O. The van der Waals surface area contributed by atoms with E-state index in [1.54, 1.807) is 6.92 Å². The number of esters is 3. The minimum Gasteiger partial charge on any atom is -0.457 e. The average Bonchev–Trinajstić information content (AvgIpc) is 1.47. The van der Waals surface area contributed by atoms with Gasteiger partial charge in [0.05, 0.1) is 37.1 Å². The van der Waals surface area contributed by atoms with Crippen LogP contribution in [-0.2, 0) is 76.0 Å². The summed E-state index contributed by atoms with van der Waals surface area (Å²) in [6.45, 7) is 11.5. The largest absolute Gasteiger partial charge is 0.457 e. The molecule has 0 saturated carbocycles. The first-order valence-corrected chi connectivity index (χ1v) is 32.9. The summed E-state index contributed by atoms with van der Waals surface area (Å²) in [5, 5.41) is 102. The minimum atomic E-state index is -2.01. The van der Waals surface area contributed by atoms with Gasteiger partial charge in [-0.25, -0.2) is 0 Å². The number of unbranched alkanes of at least 4 members (excludes halogenated alkanes) is 10. The van der Waals surface area contributed by atoms with Crippen molar-refractivity contribution < 1.29 is 122 Å². The van der Waals surface area contributed by atoms with Crippen molar-refractivity contribution in [2.75, 3.05) is 6.61 Å². The van der Waals surface area contributed by atoms with E-state index in [1.807, 2.05) is 6.92 Å². The average molecular weight is 1250 g/mol. The zero-order chi connectivity index (χ0) is 63.3. The van der Waals surface area contributed by atoms with Crippen molar-refractivity contribution in [2.24, 2.45) is 0 Å².